The molecule has 0 aliphatic carbocycles. The van der Waals surface area contributed by atoms with Gasteiger partial charge in [-0.1, -0.05) is 19.9 Å². The zero-order valence-electron chi connectivity index (χ0n) is 22.9. The normalized spacial score (nSPS) is 19.4. The molecule has 2 aliphatic rings. The number of likely N-dealkylation sites (tertiary alicyclic amines) is 1. The van der Waals surface area contributed by atoms with E-state index in [4.69, 9.17) is 0 Å². The number of pyridine rings is 1. The molecule has 6 rings (SSSR count). The van der Waals surface area contributed by atoms with Crippen molar-refractivity contribution in [1.29, 1.82) is 0 Å². The van der Waals surface area contributed by atoms with E-state index < -0.39 is 10.0 Å². The van der Waals surface area contributed by atoms with Gasteiger partial charge >= 0.3 is 0 Å². The first-order valence-corrected chi connectivity index (χ1v) is 15.5. The Labute approximate surface area is 225 Å². The fraction of sp³-hybridized carbons (Fsp3) is 0.517. The molecular formula is C29H38N6O2S. The van der Waals surface area contributed by atoms with Gasteiger partial charge in [-0.15, -0.1) is 0 Å². The van der Waals surface area contributed by atoms with Gasteiger partial charge < -0.3 is 9.88 Å². The van der Waals surface area contributed by atoms with E-state index in [0.29, 0.717) is 30.7 Å². The van der Waals surface area contributed by atoms with Gasteiger partial charge in [-0.3, -0.25) is 0 Å². The van der Waals surface area contributed by atoms with Crippen LogP contribution in [0.25, 0.3) is 27.8 Å². The van der Waals surface area contributed by atoms with Crippen molar-refractivity contribution >= 4 is 26.6 Å². The van der Waals surface area contributed by atoms with Crippen LogP contribution in [0.4, 0.5) is 0 Å². The number of sulfonamides is 1. The molecule has 0 spiro atoms. The lowest BCUT2D eigenvalue weighted by Crippen LogP contribution is -2.39. The van der Waals surface area contributed by atoms with Crippen LogP contribution in [-0.2, 0) is 10.0 Å². The lowest BCUT2D eigenvalue weighted by molar-refractivity contribution is 0.201. The molecule has 38 heavy (non-hydrogen) atoms. The molecule has 202 valence electrons. The summed E-state index contributed by atoms with van der Waals surface area (Å²) < 4.78 is 27.8. The lowest BCUT2D eigenvalue weighted by atomic mass is 9.87. The first-order valence-electron chi connectivity index (χ1n) is 13.9. The van der Waals surface area contributed by atoms with Crippen molar-refractivity contribution < 1.29 is 8.42 Å². The molecule has 0 atom stereocenters. The highest BCUT2D eigenvalue weighted by Crippen LogP contribution is 2.40. The minimum atomic E-state index is -3.01. The Kier molecular flexibility index (Phi) is 6.56. The van der Waals surface area contributed by atoms with Crippen molar-refractivity contribution in [2.45, 2.75) is 58.8 Å². The van der Waals surface area contributed by atoms with Crippen molar-refractivity contribution in [2.24, 2.45) is 0 Å². The van der Waals surface area contributed by atoms with Crippen LogP contribution >= 0.6 is 0 Å². The highest BCUT2D eigenvalue weighted by atomic mass is 32.2. The first kappa shape index (κ1) is 25.5. The van der Waals surface area contributed by atoms with Gasteiger partial charge in [0.1, 0.15) is 6.33 Å². The van der Waals surface area contributed by atoms with Crippen LogP contribution in [0.3, 0.4) is 0 Å². The minimum Gasteiger partial charge on any atom is -0.354 e. The Bertz CT molecular complexity index is 1590. The van der Waals surface area contributed by atoms with Gasteiger partial charge in [0.05, 0.1) is 11.4 Å². The Morgan fingerprint density at radius 3 is 2.58 bits per heavy atom. The molecule has 0 saturated carbocycles. The van der Waals surface area contributed by atoms with Crippen molar-refractivity contribution in [2.75, 3.05) is 38.5 Å². The summed E-state index contributed by atoms with van der Waals surface area (Å²) in [4.78, 5) is 10.6. The highest BCUT2D eigenvalue weighted by molar-refractivity contribution is 7.89. The third-order valence-electron chi connectivity index (χ3n) is 8.76. The third kappa shape index (κ3) is 4.44. The Hall–Kier alpha value is -2.75. The van der Waals surface area contributed by atoms with E-state index in [2.05, 4.69) is 72.1 Å². The molecule has 0 unspecified atom stereocenters. The lowest BCUT2D eigenvalue weighted by Gasteiger charge is -2.33. The monoisotopic (exact) mass is 534 g/mol. The number of hydrogen-bond donors (Lipinski definition) is 1. The second-order valence-corrected chi connectivity index (χ2v) is 13.5. The van der Waals surface area contributed by atoms with Crippen molar-refractivity contribution in [3.63, 3.8) is 0 Å². The van der Waals surface area contributed by atoms with Crippen LogP contribution in [0.15, 0.2) is 30.7 Å². The Morgan fingerprint density at radius 2 is 1.87 bits per heavy atom. The van der Waals surface area contributed by atoms with E-state index in [1.807, 2.05) is 4.52 Å². The Morgan fingerprint density at radius 1 is 1.08 bits per heavy atom. The SMILES string of the molecule is Cc1c(-c2[nH]c3ccc(C4CCN(CCN5CCCS5(=O)=O)CC4)cc3c2C(C)C)cn2ncnc2c1C. The quantitative estimate of drug-likeness (QED) is 0.383. The first-order chi connectivity index (χ1) is 18.2. The fourth-order valence-corrected chi connectivity index (χ4v) is 7.95. The molecule has 0 radical (unpaired) electrons. The largest absolute Gasteiger partial charge is 0.354 e. The highest BCUT2D eigenvalue weighted by Gasteiger charge is 2.29. The number of fused-ring (bicyclic) bond motifs is 2. The summed E-state index contributed by atoms with van der Waals surface area (Å²) >= 11 is 0. The standard InChI is InChI=1S/C29H38N6O2S/c1-19(2)27-24-16-23(22-8-11-33(12-9-22)13-14-34-10-5-15-38(34,36)37)6-7-26(24)32-28(27)25-17-35-29(30-18-31-35)21(4)20(25)3/h6-7,16-19,22,32H,5,8-15H2,1-4H3. The topological polar surface area (TPSA) is 86.6 Å². The van der Waals surface area contributed by atoms with E-state index in [9.17, 15) is 8.42 Å². The molecule has 2 saturated heterocycles. The van der Waals surface area contributed by atoms with Crippen molar-refractivity contribution in [1.82, 2.24) is 28.8 Å². The second-order valence-electron chi connectivity index (χ2n) is 11.4. The molecule has 4 aromatic rings. The molecule has 0 bridgehead atoms. The number of hydrogen-bond acceptors (Lipinski definition) is 5. The molecule has 9 heteroatoms. The van der Waals surface area contributed by atoms with Crippen molar-refractivity contribution in [3.8, 4) is 11.3 Å². The molecule has 1 N–H and O–H groups in total. The maximum atomic E-state index is 12.1. The molecule has 2 aliphatic heterocycles. The smallest absolute Gasteiger partial charge is 0.214 e. The summed E-state index contributed by atoms with van der Waals surface area (Å²) in [6, 6.07) is 6.96. The van der Waals surface area contributed by atoms with Gasteiger partial charge in [-0.05, 0) is 92.4 Å². The van der Waals surface area contributed by atoms with E-state index in [0.717, 1.165) is 50.1 Å². The minimum absolute atomic E-state index is 0.311. The molecule has 8 nitrogen and oxygen atoms in total. The zero-order valence-corrected chi connectivity index (χ0v) is 23.7. The van der Waals surface area contributed by atoms with Gasteiger partial charge in [-0.25, -0.2) is 22.2 Å². The molecular weight excluding hydrogens is 496 g/mol. The Balaban J connectivity index is 1.24. The molecule has 1 aromatic carbocycles. The maximum absolute atomic E-state index is 12.1. The molecule has 2 fully saturated rings. The molecule has 5 heterocycles. The number of H-pyrrole nitrogens is 1. The molecule has 3 aromatic heterocycles. The molecule has 0 amide bonds. The predicted molar refractivity (Wildman–Crippen MR) is 152 cm³/mol. The van der Waals surface area contributed by atoms with E-state index in [1.165, 1.54) is 38.9 Å². The predicted octanol–water partition coefficient (Wildman–Crippen LogP) is 4.83. The maximum Gasteiger partial charge on any atom is 0.214 e. The van der Waals surface area contributed by atoms with Gasteiger partial charge in [0.15, 0.2) is 5.65 Å². The fourth-order valence-electron chi connectivity index (χ4n) is 6.44. The number of piperidine rings is 1. The van der Waals surface area contributed by atoms with Crippen molar-refractivity contribution in [3.05, 3.63) is 53.0 Å². The number of aryl methyl sites for hydroxylation is 1. The van der Waals surface area contributed by atoms with Gasteiger partial charge in [0.25, 0.3) is 0 Å². The van der Waals surface area contributed by atoms with Crippen LogP contribution in [0.1, 0.15) is 67.2 Å². The number of aromatic amines is 1. The average Bonchev–Trinajstić information content (AvgIpc) is 3.61. The van der Waals surface area contributed by atoms with Crippen LogP contribution in [0.5, 0.6) is 0 Å². The number of aromatic nitrogens is 4. The summed E-state index contributed by atoms with van der Waals surface area (Å²) in [5, 5.41) is 5.72. The van der Waals surface area contributed by atoms with Crippen LogP contribution in [-0.4, -0.2) is 75.7 Å². The van der Waals surface area contributed by atoms with Gasteiger partial charge in [0, 0.05) is 42.3 Å². The summed E-state index contributed by atoms with van der Waals surface area (Å²) in [7, 11) is -3.01. The van der Waals surface area contributed by atoms with Crippen LogP contribution in [0.2, 0.25) is 0 Å². The summed E-state index contributed by atoms with van der Waals surface area (Å²) in [6.45, 7) is 13.0. The summed E-state index contributed by atoms with van der Waals surface area (Å²) in [5.41, 5.74) is 9.58. The summed E-state index contributed by atoms with van der Waals surface area (Å²) in [6.07, 6.45) is 6.69. The number of nitrogens with zero attached hydrogens (tertiary/aromatic N) is 5. The van der Waals surface area contributed by atoms with Gasteiger partial charge in [-0.2, -0.15) is 5.10 Å². The van der Waals surface area contributed by atoms with E-state index >= 15 is 0 Å². The van der Waals surface area contributed by atoms with E-state index in [-0.39, 0.29) is 0 Å². The number of rotatable bonds is 6. The average molecular weight is 535 g/mol. The second kappa shape index (κ2) is 9.77. The van der Waals surface area contributed by atoms with Crippen LogP contribution in [0, 0.1) is 13.8 Å². The summed E-state index contributed by atoms with van der Waals surface area (Å²) in [5.74, 6) is 1.20. The van der Waals surface area contributed by atoms with Gasteiger partial charge in [0.2, 0.25) is 10.0 Å². The number of benzene rings is 1. The third-order valence-corrected chi connectivity index (χ3v) is 10.7. The zero-order chi connectivity index (χ0) is 26.6. The van der Waals surface area contributed by atoms with E-state index in [1.54, 1.807) is 10.6 Å². The number of nitrogens with one attached hydrogen (secondary N) is 1. The van der Waals surface area contributed by atoms with Crippen LogP contribution < -0.4 is 0 Å².